The molecular formula is C7H14ClF2NO2. The van der Waals surface area contributed by atoms with Crippen molar-refractivity contribution in [1.82, 2.24) is 0 Å². The number of alkyl halides is 2. The maximum Gasteiger partial charge on any atom is 0.329 e. The summed E-state index contributed by atoms with van der Waals surface area (Å²) in [7, 11) is 0. The zero-order chi connectivity index (χ0) is 9.94. The summed E-state index contributed by atoms with van der Waals surface area (Å²) in [5, 5.41) is 0. The molecule has 13 heavy (non-hydrogen) atoms. The Morgan fingerprint density at radius 2 is 1.77 bits per heavy atom. The van der Waals surface area contributed by atoms with Crippen molar-refractivity contribution in [1.29, 1.82) is 0 Å². The second kappa shape index (κ2) is 5.34. The van der Waals surface area contributed by atoms with Crippen LogP contribution in [0.5, 0.6) is 0 Å². The first-order chi connectivity index (χ1) is 5.24. The zero-order valence-corrected chi connectivity index (χ0v) is 8.53. The highest BCUT2D eigenvalue weighted by Gasteiger charge is 2.28. The third kappa shape index (κ3) is 6.72. The third-order valence-electron chi connectivity index (χ3n) is 0.950. The molecule has 0 radical (unpaired) electrons. The predicted octanol–water partition coefficient (Wildman–Crippen LogP) is 1.34. The van der Waals surface area contributed by atoms with E-state index in [1.807, 2.05) is 0 Å². The lowest BCUT2D eigenvalue weighted by Gasteiger charge is -2.21. The van der Waals surface area contributed by atoms with Crippen LogP contribution in [0.3, 0.4) is 0 Å². The monoisotopic (exact) mass is 217 g/mol. The number of esters is 1. The number of hydrogen-bond acceptors (Lipinski definition) is 3. The fraction of sp³-hybridized carbons (Fsp3) is 0.857. The molecule has 0 aromatic carbocycles. The van der Waals surface area contributed by atoms with E-state index in [0.29, 0.717) is 0 Å². The highest BCUT2D eigenvalue weighted by molar-refractivity contribution is 5.85. The summed E-state index contributed by atoms with van der Waals surface area (Å²) in [4.78, 5) is 10.8. The fourth-order valence-electron chi connectivity index (χ4n) is 0.473. The summed E-state index contributed by atoms with van der Waals surface area (Å²) >= 11 is 0. The first-order valence-corrected chi connectivity index (χ1v) is 3.50. The molecule has 0 rings (SSSR count). The molecule has 0 saturated heterocycles. The molecule has 6 heteroatoms. The van der Waals surface area contributed by atoms with Gasteiger partial charge in [-0.25, -0.2) is 8.78 Å². The number of rotatable bonds is 2. The van der Waals surface area contributed by atoms with E-state index < -0.39 is 24.0 Å². The quantitative estimate of drug-likeness (QED) is 0.711. The molecule has 0 aliphatic carbocycles. The lowest BCUT2D eigenvalue weighted by Crippen LogP contribution is -2.42. The summed E-state index contributed by atoms with van der Waals surface area (Å²) in [6.07, 6.45) is -2.88. The molecule has 1 unspecified atom stereocenters. The van der Waals surface area contributed by atoms with Crippen LogP contribution in [0, 0.1) is 0 Å². The van der Waals surface area contributed by atoms with E-state index in [2.05, 4.69) is 4.74 Å². The number of carbonyl (C=O) groups is 1. The average Bonchev–Trinajstić information content (AvgIpc) is 1.82. The van der Waals surface area contributed by atoms with E-state index in [-0.39, 0.29) is 12.4 Å². The SMILES string of the molecule is CC(C)(C)OC(=O)C(N)C(F)F.Cl. The van der Waals surface area contributed by atoms with Crippen molar-refractivity contribution in [3.8, 4) is 0 Å². The van der Waals surface area contributed by atoms with Gasteiger partial charge in [0.15, 0.2) is 6.04 Å². The van der Waals surface area contributed by atoms with E-state index in [9.17, 15) is 13.6 Å². The topological polar surface area (TPSA) is 52.3 Å². The van der Waals surface area contributed by atoms with Gasteiger partial charge in [-0.05, 0) is 20.8 Å². The Morgan fingerprint density at radius 3 is 2.00 bits per heavy atom. The van der Waals surface area contributed by atoms with Gasteiger partial charge in [-0.15, -0.1) is 12.4 Å². The lowest BCUT2D eigenvalue weighted by molar-refractivity contribution is -0.160. The van der Waals surface area contributed by atoms with Gasteiger partial charge in [-0.2, -0.15) is 0 Å². The number of carbonyl (C=O) groups excluding carboxylic acids is 1. The number of ether oxygens (including phenoxy) is 1. The van der Waals surface area contributed by atoms with Crippen molar-refractivity contribution in [2.75, 3.05) is 0 Å². The molecule has 0 aromatic rings. The van der Waals surface area contributed by atoms with Crippen LogP contribution in [0.25, 0.3) is 0 Å². The van der Waals surface area contributed by atoms with Crippen LogP contribution in [0.1, 0.15) is 20.8 Å². The molecule has 2 N–H and O–H groups in total. The molecule has 3 nitrogen and oxygen atoms in total. The van der Waals surface area contributed by atoms with Gasteiger partial charge in [0.1, 0.15) is 5.60 Å². The van der Waals surface area contributed by atoms with Crippen LogP contribution in [-0.2, 0) is 9.53 Å². The molecule has 0 spiro atoms. The Bertz CT molecular complexity index is 170. The molecule has 0 heterocycles. The highest BCUT2D eigenvalue weighted by atomic mass is 35.5. The van der Waals surface area contributed by atoms with Crippen LogP contribution in [0.2, 0.25) is 0 Å². The van der Waals surface area contributed by atoms with E-state index in [1.54, 1.807) is 20.8 Å². The largest absolute Gasteiger partial charge is 0.459 e. The minimum Gasteiger partial charge on any atom is -0.459 e. The van der Waals surface area contributed by atoms with E-state index >= 15 is 0 Å². The molecule has 0 aliphatic rings. The van der Waals surface area contributed by atoms with Crippen LogP contribution in [0.15, 0.2) is 0 Å². The van der Waals surface area contributed by atoms with Gasteiger partial charge in [0.05, 0.1) is 0 Å². The van der Waals surface area contributed by atoms with Crippen molar-refractivity contribution in [3.05, 3.63) is 0 Å². The van der Waals surface area contributed by atoms with Gasteiger partial charge < -0.3 is 10.5 Å². The molecular weight excluding hydrogens is 204 g/mol. The van der Waals surface area contributed by atoms with Crippen LogP contribution in [0.4, 0.5) is 8.78 Å². The van der Waals surface area contributed by atoms with E-state index in [1.165, 1.54) is 0 Å². The van der Waals surface area contributed by atoms with Crippen molar-refractivity contribution in [3.63, 3.8) is 0 Å². The minimum atomic E-state index is -2.88. The highest BCUT2D eigenvalue weighted by Crippen LogP contribution is 2.10. The summed E-state index contributed by atoms with van der Waals surface area (Å²) in [6, 6.07) is -1.84. The van der Waals surface area contributed by atoms with Crippen LogP contribution >= 0.6 is 12.4 Å². The average molecular weight is 218 g/mol. The van der Waals surface area contributed by atoms with Crippen molar-refractivity contribution in [2.45, 2.75) is 38.8 Å². The Kier molecular flexibility index (Phi) is 6.19. The summed E-state index contributed by atoms with van der Waals surface area (Å²) < 4.78 is 28.3. The van der Waals surface area contributed by atoms with Gasteiger partial charge in [0.25, 0.3) is 6.43 Å². The van der Waals surface area contributed by atoms with E-state index in [0.717, 1.165) is 0 Å². The maximum atomic E-state index is 11.8. The minimum absolute atomic E-state index is 0. The fourth-order valence-corrected chi connectivity index (χ4v) is 0.473. The zero-order valence-electron chi connectivity index (χ0n) is 7.71. The van der Waals surface area contributed by atoms with Crippen LogP contribution < -0.4 is 5.73 Å². The maximum absolute atomic E-state index is 11.8. The standard InChI is InChI=1S/C7H13F2NO2.ClH/c1-7(2,3)12-6(11)4(10)5(8)9;/h4-5H,10H2,1-3H3;1H. The first-order valence-electron chi connectivity index (χ1n) is 3.50. The number of halogens is 3. The Morgan fingerprint density at radius 1 is 1.38 bits per heavy atom. The van der Waals surface area contributed by atoms with Crippen LogP contribution in [-0.4, -0.2) is 24.0 Å². The van der Waals surface area contributed by atoms with Gasteiger partial charge in [0, 0.05) is 0 Å². The summed E-state index contributed by atoms with van der Waals surface area (Å²) in [5.41, 5.74) is 4.07. The Balaban J connectivity index is 0. The number of hydrogen-bond donors (Lipinski definition) is 1. The molecule has 0 aliphatic heterocycles. The summed E-state index contributed by atoms with van der Waals surface area (Å²) in [5.74, 6) is -1.07. The lowest BCUT2D eigenvalue weighted by atomic mass is 10.2. The Labute approximate surface area is 82.0 Å². The molecule has 80 valence electrons. The second-order valence-electron chi connectivity index (χ2n) is 3.39. The Hall–Kier alpha value is -0.420. The van der Waals surface area contributed by atoms with Gasteiger partial charge in [-0.3, -0.25) is 4.79 Å². The van der Waals surface area contributed by atoms with Crippen molar-refractivity contribution < 1.29 is 18.3 Å². The molecule has 0 fully saturated rings. The first kappa shape index (κ1) is 15.1. The third-order valence-corrected chi connectivity index (χ3v) is 0.950. The smallest absolute Gasteiger partial charge is 0.329 e. The molecule has 0 bridgehead atoms. The van der Waals surface area contributed by atoms with E-state index in [4.69, 9.17) is 5.73 Å². The number of nitrogens with two attached hydrogens (primary N) is 1. The van der Waals surface area contributed by atoms with Gasteiger partial charge >= 0.3 is 5.97 Å². The van der Waals surface area contributed by atoms with Crippen molar-refractivity contribution in [2.24, 2.45) is 5.73 Å². The van der Waals surface area contributed by atoms with Crippen molar-refractivity contribution >= 4 is 18.4 Å². The normalized spacial score (nSPS) is 13.5. The van der Waals surface area contributed by atoms with Gasteiger partial charge in [-0.1, -0.05) is 0 Å². The molecule has 0 aromatic heterocycles. The predicted molar refractivity (Wildman–Crippen MR) is 47.1 cm³/mol. The van der Waals surface area contributed by atoms with Gasteiger partial charge in [0.2, 0.25) is 0 Å². The molecule has 1 atom stereocenters. The summed E-state index contributed by atoms with van der Waals surface area (Å²) in [6.45, 7) is 4.76. The molecule has 0 saturated carbocycles. The molecule has 0 amide bonds. The second-order valence-corrected chi connectivity index (χ2v) is 3.39.